The molecule has 0 saturated carbocycles. The summed E-state index contributed by atoms with van der Waals surface area (Å²) in [6.07, 6.45) is 8.15. The molecule has 4 rings (SSSR count). The van der Waals surface area contributed by atoms with E-state index in [9.17, 15) is 4.79 Å². The number of allylic oxidation sites excluding steroid dienone is 4. The Hall–Kier alpha value is -2.29. The molecule has 0 saturated heterocycles. The SMILES string of the molecule is O=C1CC=CC2=C1C=c1ccc3c(c12)N=NC=3. The first-order valence-corrected chi connectivity index (χ1v) is 5.55. The highest BCUT2D eigenvalue weighted by atomic mass is 16.1. The number of azo groups is 1. The molecule has 0 radical (unpaired) electrons. The van der Waals surface area contributed by atoms with Gasteiger partial charge in [-0.1, -0.05) is 24.3 Å². The highest BCUT2D eigenvalue weighted by Crippen LogP contribution is 2.33. The molecule has 17 heavy (non-hydrogen) atoms. The van der Waals surface area contributed by atoms with E-state index in [4.69, 9.17) is 0 Å². The van der Waals surface area contributed by atoms with Crippen LogP contribution in [0, 0.1) is 0 Å². The molecule has 3 heteroatoms. The van der Waals surface area contributed by atoms with Crippen LogP contribution < -0.4 is 10.4 Å². The molecule has 1 heterocycles. The zero-order valence-corrected chi connectivity index (χ0v) is 8.97. The molecule has 3 nitrogen and oxygen atoms in total. The molecule has 80 valence electrons. The first-order valence-electron chi connectivity index (χ1n) is 5.55. The largest absolute Gasteiger partial charge is 0.294 e. The standard InChI is InChI=1S/C14H8N2O/c17-12-3-1-2-10-11(12)6-8-4-5-9-7-15-16-14(9)13(8)10/h1-2,4-7H,3H2. The van der Waals surface area contributed by atoms with E-state index in [1.165, 1.54) is 0 Å². The lowest BCUT2D eigenvalue weighted by atomic mass is 9.95. The lowest BCUT2D eigenvalue weighted by molar-refractivity contribution is -0.114. The maximum absolute atomic E-state index is 11.8. The predicted molar refractivity (Wildman–Crippen MR) is 64.8 cm³/mol. The summed E-state index contributed by atoms with van der Waals surface area (Å²) < 4.78 is 0. The monoisotopic (exact) mass is 220 g/mol. The molecule has 1 aromatic carbocycles. The van der Waals surface area contributed by atoms with Crippen LogP contribution in [0.4, 0.5) is 5.69 Å². The quantitative estimate of drug-likeness (QED) is 0.654. The molecule has 0 N–H and O–H groups in total. The van der Waals surface area contributed by atoms with E-state index >= 15 is 0 Å². The summed E-state index contributed by atoms with van der Waals surface area (Å²) >= 11 is 0. The summed E-state index contributed by atoms with van der Waals surface area (Å²) in [4.78, 5) is 11.8. The third kappa shape index (κ3) is 1.03. The maximum Gasteiger partial charge on any atom is 0.167 e. The van der Waals surface area contributed by atoms with Gasteiger partial charge >= 0.3 is 0 Å². The Kier molecular flexibility index (Phi) is 1.50. The topological polar surface area (TPSA) is 41.8 Å². The average molecular weight is 220 g/mol. The van der Waals surface area contributed by atoms with Crippen molar-refractivity contribution in [3.8, 4) is 0 Å². The summed E-state index contributed by atoms with van der Waals surface area (Å²) in [5.41, 5.74) is 3.77. The van der Waals surface area contributed by atoms with Crippen molar-refractivity contribution in [1.82, 2.24) is 0 Å². The Morgan fingerprint density at radius 1 is 1.12 bits per heavy atom. The maximum atomic E-state index is 11.8. The number of nitrogens with zero attached hydrogens (tertiary/aromatic N) is 2. The summed E-state index contributed by atoms with van der Waals surface area (Å²) in [7, 11) is 0. The smallest absolute Gasteiger partial charge is 0.167 e. The fraction of sp³-hybridized carbons (Fsp3) is 0.0714. The van der Waals surface area contributed by atoms with Crippen LogP contribution in [0.1, 0.15) is 12.0 Å². The molecule has 0 unspecified atom stereocenters. The van der Waals surface area contributed by atoms with Gasteiger partial charge < -0.3 is 0 Å². The number of hydrogen-bond acceptors (Lipinski definition) is 3. The van der Waals surface area contributed by atoms with E-state index in [2.05, 4.69) is 10.2 Å². The van der Waals surface area contributed by atoms with Gasteiger partial charge in [0.1, 0.15) is 5.69 Å². The Morgan fingerprint density at radius 2 is 2.00 bits per heavy atom. The number of benzene rings is 1. The van der Waals surface area contributed by atoms with Gasteiger partial charge in [-0.25, -0.2) is 0 Å². The van der Waals surface area contributed by atoms with E-state index in [-0.39, 0.29) is 5.78 Å². The minimum atomic E-state index is 0.186. The molecule has 0 bridgehead atoms. The van der Waals surface area contributed by atoms with Crippen LogP contribution in [0.15, 0.2) is 40.1 Å². The van der Waals surface area contributed by atoms with E-state index in [1.807, 2.05) is 30.4 Å². The van der Waals surface area contributed by atoms with Gasteiger partial charge in [-0.2, -0.15) is 5.11 Å². The van der Waals surface area contributed by atoms with Crippen molar-refractivity contribution in [1.29, 1.82) is 0 Å². The summed E-state index contributed by atoms with van der Waals surface area (Å²) in [5, 5.41) is 10.2. The summed E-state index contributed by atoms with van der Waals surface area (Å²) in [5.74, 6) is 0.186. The van der Waals surface area contributed by atoms with Crippen LogP contribution in [-0.4, -0.2) is 5.78 Å². The van der Waals surface area contributed by atoms with Crippen molar-refractivity contribution in [3.63, 3.8) is 0 Å². The fourth-order valence-corrected chi connectivity index (χ4v) is 2.55. The molecule has 0 spiro atoms. The number of carbonyl (C=O) groups is 1. The van der Waals surface area contributed by atoms with Gasteiger partial charge in [-0.15, -0.1) is 5.11 Å². The fourth-order valence-electron chi connectivity index (χ4n) is 2.55. The number of hydrogen-bond donors (Lipinski definition) is 0. The second kappa shape index (κ2) is 2.88. The van der Waals surface area contributed by atoms with E-state index in [0.29, 0.717) is 6.42 Å². The Labute approximate surface area is 97.2 Å². The van der Waals surface area contributed by atoms with E-state index in [1.54, 1.807) is 6.20 Å². The lowest BCUT2D eigenvalue weighted by Gasteiger charge is -2.08. The summed E-state index contributed by atoms with van der Waals surface area (Å²) in [6.45, 7) is 0. The van der Waals surface area contributed by atoms with Gasteiger partial charge in [0.25, 0.3) is 0 Å². The number of rotatable bonds is 0. The van der Waals surface area contributed by atoms with Crippen LogP contribution >= 0.6 is 0 Å². The minimum Gasteiger partial charge on any atom is -0.294 e. The number of fused-ring (bicyclic) bond motifs is 4. The normalized spacial score (nSPS) is 18.7. The molecular weight excluding hydrogens is 212 g/mol. The Balaban J connectivity index is 2.13. The van der Waals surface area contributed by atoms with Gasteiger partial charge in [-0.3, -0.25) is 4.79 Å². The van der Waals surface area contributed by atoms with E-state index in [0.717, 1.165) is 32.8 Å². The third-order valence-electron chi connectivity index (χ3n) is 3.34. The lowest BCUT2D eigenvalue weighted by Crippen LogP contribution is -2.11. The Morgan fingerprint density at radius 3 is 2.94 bits per heavy atom. The van der Waals surface area contributed by atoms with Crippen molar-refractivity contribution in [2.75, 3.05) is 0 Å². The van der Waals surface area contributed by atoms with Gasteiger partial charge in [-0.05, 0) is 16.9 Å². The van der Waals surface area contributed by atoms with Crippen LogP contribution in [0.5, 0.6) is 0 Å². The molecule has 3 aliphatic rings. The molecule has 0 atom stereocenters. The predicted octanol–water partition coefficient (Wildman–Crippen LogP) is 1.60. The number of Topliss-reactive ketones (excluding diaryl/α,β-unsaturated/α-hetero) is 1. The molecule has 2 aliphatic carbocycles. The van der Waals surface area contributed by atoms with Crippen LogP contribution in [0.25, 0.3) is 17.8 Å². The van der Waals surface area contributed by atoms with Gasteiger partial charge in [0.05, 0.1) is 6.20 Å². The third-order valence-corrected chi connectivity index (χ3v) is 3.34. The van der Waals surface area contributed by atoms with Gasteiger partial charge in [0.15, 0.2) is 5.78 Å². The first kappa shape index (κ1) is 8.82. The second-order valence-electron chi connectivity index (χ2n) is 4.31. The zero-order chi connectivity index (χ0) is 11.4. The molecule has 0 amide bonds. The molecular formula is C14H8N2O. The first-order chi connectivity index (χ1) is 8.34. The molecule has 1 aliphatic heterocycles. The van der Waals surface area contributed by atoms with Crippen molar-refractivity contribution < 1.29 is 4.79 Å². The van der Waals surface area contributed by atoms with Crippen LogP contribution in [0.2, 0.25) is 0 Å². The molecule has 0 fully saturated rings. The Bertz CT molecular complexity index is 779. The summed E-state index contributed by atoms with van der Waals surface area (Å²) in [6, 6.07) is 4.03. The van der Waals surface area contributed by atoms with Gasteiger partial charge in [0.2, 0.25) is 0 Å². The number of ketones is 1. The van der Waals surface area contributed by atoms with Crippen molar-refractivity contribution in [3.05, 3.63) is 45.9 Å². The highest BCUT2D eigenvalue weighted by Gasteiger charge is 2.24. The van der Waals surface area contributed by atoms with E-state index < -0.39 is 0 Å². The van der Waals surface area contributed by atoms with Gasteiger partial charge in [0, 0.05) is 22.8 Å². The number of carbonyl (C=O) groups excluding carboxylic acids is 1. The van der Waals surface area contributed by atoms with Crippen molar-refractivity contribution >= 4 is 29.3 Å². The average Bonchev–Trinajstić information content (AvgIpc) is 2.91. The van der Waals surface area contributed by atoms with Crippen LogP contribution in [0.3, 0.4) is 0 Å². The second-order valence-corrected chi connectivity index (χ2v) is 4.31. The van der Waals surface area contributed by atoms with Crippen molar-refractivity contribution in [2.45, 2.75) is 6.42 Å². The molecule has 0 aromatic heterocycles. The molecule has 1 aromatic rings. The van der Waals surface area contributed by atoms with Crippen LogP contribution in [-0.2, 0) is 4.79 Å². The zero-order valence-electron chi connectivity index (χ0n) is 8.97. The van der Waals surface area contributed by atoms with Crippen molar-refractivity contribution in [2.24, 2.45) is 10.2 Å². The minimum absolute atomic E-state index is 0.186. The highest BCUT2D eigenvalue weighted by molar-refractivity contribution is 6.16.